The largest absolute Gasteiger partial charge is 0.476 e. The van der Waals surface area contributed by atoms with Crippen LogP contribution >= 0.6 is 11.3 Å². The first-order chi connectivity index (χ1) is 7.16. The van der Waals surface area contributed by atoms with Gasteiger partial charge in [0.05, 0.1) is 12.6 Å². The molecule has 1 aromatic rings. The van der Waals surface area contributed by atoms with Crippen LogP contribution in [0.2, 0.25) is 0 Å². The number of thiazole rings is 1. The molecule has 1 atom stereocenters. The van der Waals surface area contributed by atoms with Crippen molar-refractivity contribution in [1.29, 1.82) is 0 Å². The van der Waals surface area contributed by atoms with Gasteiger partial charge in [0.2, 0.25) is 0 Å². The van der Waals surface area contributed by atoms with Crippen molar-refractivity contribution < 1.29 is 14.6 Å². The van der Waals surface area contributed by atoms with E-state index in [1.807, 2.05) is 0 Å². The molecule has 1 fully saturated rings. The van der Waals surface area contributed by atoms with Crippen LogP contribution in [0.25, 0.3) is 0 Å². The lowest BCUT2D eigenvalue weighted by Crippen LogP contribution is -2.18. The summed E-state index contributed by atoms with van der Waals surface area (Å²) in [4.78, 5) is 15.5. The zero-order valence-electron chi connectivity index (χ0n) is 8.32. The molecule has 15 heavy (non-hydrogen) atoms. The first-order valence-electron chi connectivity index (χ1n) is 4.72. The van der Waals surface area contributed by atoms with Crippen molar-refractivity contribution in [3.63, 3.8) is 0 Å². The fraction of sp³-hybridized carbons (Fsp3) is 0.556. The van der Waals surface area contributed by atoms with E-state index in [4.69, 9.17) is 9.84 Å². The Morgan fingerprint density at radius 1 is 1.73 bits per heavy atom. The first kappa shape index (κ1) is 10.4. The van der Waals surface area contributed by atoms with Crippen LogP contribution in [0.3, 0.4) is 0 Å². The fourth-order valence-electron chi connectivity index (χ4n) is 1.48. The highest BCUT2D eigenvalue weighted by molar-refractivity contribution is 7.15. The van der Waals surface area contributed by atoms with Crippen LogP contribution in [0, 0.1) is 6.92 Å². The van der Waals surface area contributed by atoms with Crippen molar-refractivity contribution >= 4 is 22.4 Å². The molecule has 0 saturated carbocycles. The molecule has 6 heteroatoms. The molecular formula is C9H12N2O3S. The maximum Gasteiger partial charge on any atom is 0.355 e. The number of anilines is 1. The molecule has 0 amide bonds. The predicted octanol–water partition coefficient (Wildman–Crippen LogP) is 1.35. The van der Waals surface area contributed by atoms with Crippen LogP contribution in [-0.2, 0) is 4.74 Å². The van der Waals surface area contributed by atoms with Gasteiger partial charge < -0.3 is 15.2 Å². The number of carboxylic acid groups (broad SMARTS) is 1. The Hall–Kier alpha value is -1.14. The van der Waals surface area contributed by atoms with Crippen molar-refractivity contribution in [2.45, 2.75) is 19.4 Å². The highest BCUT2D eigenvalue weighted by Gasteiger charge is 2.19. The number of rotatable bonds is 3. The molecule has 1 saturated heterocycles. The molecule has 0 spiro atoms. The van der Waals surface area contributed by atoms with Crippen molar-refractivity contribution in [2.75, 3.05) is 18.5 Å². The number of aromatic nitrogens is 1. The van der Waals surface area contributed by atoms with E-state index in [1.165, 1.54) is 11.3 Å². The second-order valence-corrected chi connectivity index (χ2v) is 4.64. The molecule has 1 aliphatic heterocycles. The van der Waals surface area contributed by atoms with E-state index in [0.717, 1.165) is 17.9 Å². The molecule has 0 bridgehead atoms. The number of carboxylic acids is 1. The average molecular weight is 228 g/mol. The third-order valence-corrected chi connectivity index (χ3v) is 3.16. The van der Waals surface area contributed by atoms with Gasteiger partial charge in [-0.3, -0.25) is 0 Å². The Labute approximate surface area is 91.1 Å². The van der Waals surface area contributed by atoms with Gasteiger partial charge in [-0.1, -0.05) is 0 Å². The van der Waals surface area contributed by atoms with Gasteiger partial charge in [0.15, 0.2) is 10.8 Å². The monoisotopic (exact) mass is 228 g/mol. The van der Waals surface area contributed by atoms with Crippen LogP contribution in [0.1, 0.15) is 21.8 Å². The number of carbonyl (C=O) groups is 1. The Balaban J connectivity index is 2.08. The quantitative estimate of drug-likeness (QED) is 0.817. The van der Waals surface area contributed by atoms with E-state index >= 15 is 0 Å². The standard InChI is InChI=1S/C9H12N2O3S/c1-5-7(8(12)13)11-9(15-5)10-6-2-3-14-4-6/h6H,2-4H2,1H3,(H,10,11)(H,12,13). The van der Waals surface area contributed by atoms with Crippen molar-refractivity contribution in [3.8, 4) is 0 Å². The van der Waals surface area contributed by atoms with E-state index in [9.17, 15) is 4.79 Å². The minimum atomic E-state index is -0.973. The Morgan fingerprint density at radius 2 is 2.53 bits per heavy atom. The Bertz CT molecular complexity index is 371. The molecule has 0 aromatic carbocycles. The number of hydrogen-bond acceptors (Lipinski definition) is 5. The molecule has 2 heterocycles. The number of ether oxygens (including phenoxy) is 1. The minimum absolute atomic E-state index is 0.140. The molecule has 1 aliphatic rings. The summed E-state index contributed by atoms with van der Waals surface area (Å²) >= 11 is 1.37. The number of aryl methyl sites for hydroxylation is 1. The zero-order chi connectivity index (χ0) is 10.8. The maximum absolute atomic E-state index is 10.8. The normalized spacial score (nSPS) is 20.5. The van der Waals surface area contributed by atoms with E-state index in [0.29, 0.717) is 11.7 Å². The molecule has 1 aromatic heterocycles. The molecule has 0 radical (unpaired) electrons. The average Bonchev–Trinajstić information content (AvgIpc) is 2.75. The van der Waals surface area contributed by atoms with Crippen molar-refractivity contribution in [2.24, 2.45) is 0 Å². The molecule has 2 rings (SSSR count). The topological polar surface area (TPSA) is 71.5 Å². The Morgan fingerprint density at radius 3 is 3.07 bits per heavy atom. The van der Waals surface area contributed by atoms with E-state index in [2.05, 4.69) is 10.3 Å². The van der Waals surface area contributed by atoms with Crippen molar-refractivity contribution in [3.05, 3.63) is 10.6 Å². The van der Waals surface area contributed by atoms with Gasteiger partial charge in [0, 0.05) is 11.5 Å². The third kappa shape index (κ3) is 2.27. The second kappa shape index (κ2) is 4.16. The second-order valence-electron chi connectivity index (χ2n) is 3.43. The van der Waals surface area contributed by atoms with Gasteiger partial charge in [-0.15, -0.1) is 11.3 Å². The van der Waals surface area contributed by atoms with Gasteiger partial charge in [-0.2, -0.15) is 0 Å². The molecule has 1 unspecified atom stereocenters. The lowest BCUT2D eigenvalue weighted by Gasteiger charge is -2.07. The lowest BCUT2D eigenvalue weighted by molar-refractivity contribution is 0.0690. The summed E-state index contributed by atoms with van der Waals surface area (Å²) in [6.45, 7) is 3.19. The van der Waals surface area contributed by atoms with Gasteiger partial charge >= 0.3 is 5.97 Å². The summed E-state index contributed by atoms with van der Waals surface area (Å²) in [6, 6.07) is 0.261. The van der Waals surface area contributed by atoms with Gasteiger partial charge in [0.25, 0.3) is 0 Å². The fourth-order valence-corrected chi connectivity index (χ4v) is 2.36. The number of hydrogen-bond donors (Lipinski definition) is 2. The summed E-state index contributed by atoms with van der Waals surface area (Å²) in [7, 11) is 0. The lowest BCUT2D eigenvalue weighted by atomic mass is 10.3. The number of nitrogens with zero attached hydrogens (tertiary/aromatic N) is 1. The van der Waals surface area contributed by atoms with Crippen LogP contribution in [0.15, 0.2) is 0 Å². The van der Waals surface area contributed by atoms with E-state index in [1.54, 1.807) is 6.92 Å². The van der Waals surface area contributed by atoms with E-state index < -0.39 is 5.97 Å². The zero-order valence-corrected chi connectivity index (χ0v) is 9.13. The van der Waals surface area contributed by atoms with Crippen LogP contribution in [-0.4, -0.2) is 35.3 Å². The van der Waals surface area contributed by atoms with Gasteiger partial charge in [0.1, 0.15) is 0 Å². The molecule has 82 valence electrons. The molecule has 5 nitrogen and oxygen atoms in total. The summed E-state index contributed by atoms with van der Waals surface area (Å²) in [5, 5.41) is 12.7. The van der Waals surface area contributed by atoms with E-state index in [-0.39, 0.29) is 11.7 Å². The summed E-state index contributed by atoms with van der Waals surface area (Å²) in [5.74, 6) is -0.973. The SMILES string of the molecule is Cc1sc(NC2CCOC2)nc1C(=O)O. The first-order valence-corrected chi connectivity index (χ1v) is 5.53. The highest BCUT2D eigenvalue weighted by atomic mass is 32.1. The summed E-state index contributed by atoms with van der Waals surface area (Å²) < 4.78 is 5.21. The van der Waals surface area contributed by atoms with Gasteiger partial charge in [-0.05, 0) is 13.3 Å². The maximum atomic E-state index is 10.8. The van der Waals surface area contributed by atoms with Crippen LogP contribution in [0.4, 0.5) is 5.13 Å². The number of aromatic carboxylic acids is 1. The van der Waals surface area contributed by atoms with Gasteiger partial charge in [-0.25, -0.2) is 9.78 Å². The number of nitrogens with one attached hydrogen (secondary N) is 1. The Kier molecular flexibility index (Phi) is 2.88. The highest BCUT2D eigenvalue weighted by Crippen LogP contribution is 2.23. The smallest absolute Gasteiger partial charge is 0.355 e. The summed E-state index contributed by atoms with van der Waals surface area (Å²) in [6.07, 6.45) is 0.945. The molecule has 0 aliphatic carbocycles. The summed E-state index contributed by atoms with van der Waals surface area (Å²) in [5.41, 5.74) is 0.140. The van der Waals surface area contributed by atoms with Crippen LogP contribution < -0.4 is 5.32 Å². The molecular weight excluding hydrogens is 216 g/mol. The minimum Gasteiger partial charge on any atom is -0.476 e. The van der Waals surface area contributed by atoms with Crippen LogP contribution in [0.5, 0.6) is 0 Å². The van der Waals surface area contributed by atoms with Crippen molar-refractivity contribution in [1.82, 2.24) is 4.98 Å². The third-order valence-electron chi connectivity index (χ3n) is 2.26. The molecule has 2 N–H and O–H groups in total. The predicted molar refractivity (Wildman–Crippen MR) is 56.7 cm³/mol.